The molecule has 84 heavy (non-hydrogen) atoms. The van der Waals surface area contributed by atoms with Gasteiger partial charge in [-0.25, -0.2) is 8.78 Å². The second-order valence-corrected chi connectivity index (χ2v) is 34.4. The Bertz CT molecular complexity index is 4290. The Labute approximate surface area is 498 Å². The quantitative estimate of drug-likeness (QED) is 0.0889. The van der Waals surface area contributed by atoms with Crippen molar-refractivity contribution in [2.45, 2.75) is 90.5 Å². The minimum absolute atomic E-state index is 0.183. The molecular weight excluding hydrogens is 1060 g/mol. The predicted molar refractivity (Wildman–Crippen MR) is 361 cm³/mol. The molecule has 0 atom stereocenters. The van der Waals surface area contributed by atoms with Crippen molar-refractivity contribution in [2.75, 3.05) is 9.80 Å². The van der Waals surface area contributed by atoms with Crippen molar-refractivity contribution in [2.24, 2.45) is 0 Å². The number of anilines is 6. The molecule has 0 fully saturated rings. The largest absolute Gasteiger partial charge is 0.310 e. The maximum atomic E-state index is 14.3. The summed E-state index contributed by atoms with van der Waals surface area (Å²) in [7, 11) is -2.46. The van der Waals surface area contributed by atoms with Crippen molar-refractivity contribution < 1.29 is 8.78 Å². The number of rotatable bonds is 12. The number of halogens is 2. The summed E-state index contributed by atoms with van der Waals surface area (Å²) in [5.41, 5.74) is 25.7. The van der Waals surface area contributed by atoms with Gasteiger partial charge >= 0.3 is 0 Å². The molecule has 3 aliphatic carbocycles. The van der Waals surface area contributed by atoms with E-state index >= 15 is 0 Å². The van der Waals surface area contributed by atoms with Gasteiger partial charge in [0.15, 0.2) is 0 Å². The fraction of sp³-hybridized carbons (Fsp3) is 0.179. The molecule has 0 saturated heterocycles. The first-order valence-electron chi connectivity index (χ1n) is 29.7. The van der Waals surface area contributed by atoms with Crippen LogP contribution in [0.5, 0.6) is 0 Å². The van der Waals surface area contributed by atoms with Crippen LogP contribution in [0.4, 0.5) is 42.9 Å². The Morgan fingerprint density at radius 1 is 0.321 bits per heavy atom. The topological polar surface area (TPSA) is 6.48 Å². The Kier molecular flexibility index (Phi) is 13.3. The van der Waals surface area contributed by atoms with Crippen LogP contribution in [-0.2, 0) is 16.2 Å². The van der Waals surface area contributed by atoms with Gasteiger partial charge in [0.05, 0.1) is 16.9 Å². The van der Waals surface area contributed by atoms with Crippen LogP contribution in [0.25, 0.3) is 57.7 Å². The van der Waals surface area contributed by atoms with Gasteiger partial charge in [-0.1, -0.05) is 218 Å². The van der Waals surface area contributed by atoms with Gasteiger partial charge in [-0.05, 0) is 186 Å². The smallest absolute Gasteiger partial charge is 0.123 e. The lowest BCUT2D eigenvalue weighted by molar-refractivity contribution is 0.627. The van der Waals surface area contributed by atoms with Gasteiger partial charge in [0.1, 0.15) is 11.6 Å². The number of hydrogen-bond acceptors (Lipinski definition) is 2. The van der Waals surface area contributed by atoms with Gasteiger partial charge < -0.3 is 9.80 Å². The van der Waals surface area contributed by atoms with Gasteiger partial charge in [-0.3, -0.25) is 0 Å². The van der Waals surface area contributed by atoms with Crippen molar-refractivity contribution in [3.8, 4) is 33.4 Å². The summed E-state index contributed by atoms with van der Waals surface area (Å²) in [5, 5.41) is 2.83. The zero-order chi connectivity index (χ0) is 58.6. The maximum absolute atomic E-state index is 14.3. The Hall–Kier alpha value is -8.43. The number of fused-ring (bicyclic) bond motifs is 9. The van der Waals surface area contributed by atoms with Crippen molar-refractivity contribution in [3.05, 3.63) is 274 Å². The molecule has 0 N–H and O–H groups in total. The van der Waals surface area contributed by atoms with E-state index in [1.54, 1.807) is 24.3 Å². The third kappa shape index (κ3) is 9.54. The fourth-order valence-electron chi connectivity index (χ4n) is 13.5. The lowest BCUT2D eigenvalue weighted by Gasteiger charge is -2.28. The summed E-state index contributed by atoms with van der Waals surface area (Å²) in [4.78, 5) is 4.50. The van der Waals surface area contributed by atoms with E-state index in [-0.39, 0.29) is 27.9 Å². The molecule has 13 rings (SSSR count). The molecular formula is C78H72F2N2Si2. The van der Waals surface area contributed by atoms with E-state index in [9.17, 15) is 8.78 Å². The molecule has 0 aliphatic heterocycles. The van der Waals surface area contributed by atoms with Crippen LogP contribution in [0.3, 0.4) is 0 Å². The maximum Gasteiger partial charge on any atom is 0.123 e. The minimum atomic E-state index is -1.50. The average molecular weight is 1130 g/mol. The van der Waals surface area contributed by atoms with Crippen LogP contribution >= 0.6 is 0 Å². The molecule has 0 bridgehead atoms. The van der Waals surface area contributed by atoms with Crippen LogP contribution in [0.1, 0.15) is 97.2 Å². The Morgan fingerprint density at radius 2 is 0.571 bits per heavy atom. The highest BCUT2D eigenvalue weighted by molar-refractivity contribution is 6.88. The van der Waals surface area contributed by atoms with Gasteiger partial charge in [0.2, 0.25) is 0 Å². The number of benzene rings is 10. The molecule has 0 amide bonds. The molecule has 0 heterocycles. The fourth-order valence-corrected chi connectivity index (χ4v) is 15.7. The van der Waals surface area contributed by atoms with Gasteiger partial charge in [0, 0.05) is 50.4 Å². The Morgan fingerprint density at radius 3 is 0.857 bits per heavy atom. The summed E-state index contributed by atoms with van der Waals surface area (Å²) >= 11 is 0. The number of nitrogens with zero attached hydrogens (tertiary/aromatic N) is 2. The first-order chi connectivity index (χ1) is 40.1. The molecule has 0 spiro atoms. The highest BCUT2D eigenvalue weighted by Gasteiger charge is 2.39. The highest BCUT2D eigenvalue weighted by atomic mass is 28.3. The molecule has 6 heteroatoms. The predicted octanol–water partition coefficient (Wildman–Crippen LogP) is 20.4. The third-order valence-electron chi connectivity index (χ3n) is 18.5. The number of hydrogen-bond donors (Lipinski definition) is 0. The van der Waals surface area contributed by atoms with Gasteiger partial charge in [-0.15, -0.1) is 0 Å². The first-order valence-corrected chi connectivity index (χ1v) is 36.1. The molecule has 0 radical (unpaired) electrons. The molecule has 0 aromatic heterocycles. The van der Waals surface area contributed by atoms with Crippen molar-refractivity contribution in [1.82, 2.24) is 0 Å². The normalized spacial score (nSPS) is 14.8. The summed E-state index contributed by atoms with van der Waals surface area (Å²) in [6.45, 7) is 25.9. The average Bonchev–Trinajstić information content (AvgIpc) is 3.95. The van der Waals surface area contributed by atoms with Gasteiger partial charge in [-0.2, -0.15) is 0 Å². The van der Waals surface area contributed by atoms with Crippen molar-refractivity contribution in [1.29, 1.82) is 0 Å². The Balaban J connectivity index is 0.726. The monoisotopic (exact) mass is 1130 g/mol. The van der Waals surface area contributed by atoms with E-state index in [2.05, 4.69) is 266 Å². The summed E-state index contributed by atoms with van der Waals surface area (Å²) in [6, 6.07) is 73.0. The molecule has 2 nitrogen and oxygen atoms in total. The molecule has 0 saturated carbocycles. The van der Waals surface area contributed by atoms with E-state index in [0.29, 0.717) is 0 Å². The molecule has 10 aromatic carbocycles. The van der Waals surface area contributed by atoms with Crippen LogP contribution in [0.15, 0.2) is 206 Å². The standard InChI is InChI=1S/C78H72F2N2Si2/c1-76(2)70-44-50(12-14-52-18-40-66-68-42-32-60(48-74(68)77(3,4)72(66)46-52)81(56-24-20-54(79)21-25-56)58-28-34-62(35-29-58)83(7)8)16-38-64(70)65-39-17-51(45-71(65)76)13-15-53-19-41-67-69-43-33-61(49-75(69)78(5,6)73(67)47-53)82(57-26-22-55(80)23-27-57)59-30-36-63(37-31-59)84(9,10)11/h12-49,83H,1-11H3. The van der Waals surface area contributed by atoms with Crippen LogP contribution in [0.2, 0.25) is 32.7 Å². The second kappa shape index (κ2) is 20.4. The first kappa shape index (κ1) is 54.8. The van der Waals surface area contributed by atoms with Crippen molar-refractivity contribution in [3.63, 3.8) is 0 Å². The van der Waals surface area contributed by atoms with E-state index in [1.807, 2.05) is 24.3 Å². The second-order valence-electron chi connectivity index (χ2n) is 26.4. The van der Waals surface area contributed by atoms with Crippen LogP contribution < -0.4 is 20.2 Å². The minimum Gasteiger partial charge on any atom is -0.310 e. The zero-order valence-corrected chi connectivity index (χ0v) is 52.3. The van der Waals surface area contributed by atoms with Gasteiger partial charge in [0.25, 0.3) is 0 Å². The summed E-state index contributed by atoms with van der Waals surface area (Å²) in [6.07, 6.45) is 9.06. The van der Waals surface area contributed by atoms with Crippen LogP contribution in [-0.4, -0.2) is 16.9 Å². The lowest BCUT2D eigenvalue weighted by Crippen LogP contribution is -2.37. The van der Waals surface area contributed by atoms with E-state index in [4.69, 9.17) is 0 Å². The van der Waals surface area contributed by atoms with E-state index in [0.717, 1.165) is 34.1 Å². The van der Waals surface area contributed by atoms with E-state index < -0.39 is 16.9 Å². The third-order valence-corrected chi connectivity index (χ3v) is 22.3. The SMILES string of the molecule is C[SiH](C)c1ccc(N(c2ccc(F)cc2)c2ccc3c(c2)C(C)(C)c2cc(C=Cc4ccc5c(c4)C(C)(C)c4cc(C=Cc6ccc7c(c6)C(C)(C)c6cc(N(c8ccc(F)cc8)c8ccc([Si](C)(C)C)cc8)ccc6-7)ccc4-5)ccc2-3)cc1. The molecule has 416 valence electrons. The zero-order valence-electron chi connectivity index (χ0n) is 50.2. The summed E-state index contributed by atoms with van der Waals surface area (Å²) in [5.74, 6) is -0.485. The molecule has 3 aliphatic rings. The van der Waals surface area contributed by atoms with E-state index in [1.165, 1.54) is 99.4 Å². The molecule has 0 unspecified atom stereocenters. The lowest BCUT2D eigenvalue weighted by atomic mass is 9.81. The summed E-state index contributed by atoms with van der Waals surface area (Å²) < 4.78 is 28.5. The highest BCUT2D eigenvalue weighted by Crippen LogP contribution is 2.54. The van der Waals surface area contributed by atoms with Crippen LogP contribution in [0, 0.1) is 11.6 Å². The molecule has 10 aromatic rings. The van der Waals surface area contributed by atoms with Crippen molar-refractivity contribution >= 4 is 85.7 Å².